The van der Waals surface area contributed by atoms with Crippen molar-refractivity contribution in [2.24, 2.45) is 11.8 Å². The van der Waals surface area contributed by atoms with Gasteiger partial charge in [0.25, 0.3) is 0 Å². The van der Waals surface area contributed by atoms with Crippen molar-refractivity contribution in [2.75, 3.05) is 13.2 Å². The summed E-state index contributed by atoms with van der Waals surface area (Å²) in [6.45, 7) is 23.7. The molecule has 0 aliphatic carbocycles. The highest BCUT2D eigenvalue weighted by Crippen LogP contribution is 2.36. The molecule has 2 aliphatic heterocycles. The quantitative estimate of drug-likeness (QED) is 0.114. The number of benzene rings is 1. The van der Waals surface area contributed by atoms with Crippen molar-refractivity contribution >= 4 is 62.5 Å². The maximum Gasteiger partial charge on any atom is 0.129 e. The van der Waals surface area contributed by atoms with Gasteiger partial charge in [-0.25, -0.2) is 9.97 Å². The molecule has 0 saturated heterocycles. The molecule has 2 aliphatic rings. The number of rotatable bonds is 9. The van der Waals surface area contributed by atoms with Crippen LogP contribution in [0.5, 0.6) is 11.5 Å². The molecule has 3 aromatic heterocycles. The number of nitrogens with zero attached hydrogens (tertiary/aromatic N) is 2. The van der Waals surface area contributed by atoms with Gasteiger partial charge >= 0.3 is 0 Å². The van der Waals surface area contributed by atoms with E-state index in [4.69, 9.17) is 19.4 Å². The van der Waals surface area contributed by atoms with Gasteiger partial charge in [0.15, 0.2) is 0 Å². The van der Waals surface area contributed by atoms with Gasteiger partial charge in [-0.1, -0.05) is 78.8 Å². The molecule has 0 fully saturated rings. The summed E-state index contributed by atoms with van der Waals surface area (Å²) < 4.78 is 12.7. The van der Waals surface area contributed by atoms with Crippen LogP contribution in [0, 0.1) is 34.8 Å². The van der Waals surface area contributed by atoms with Crippen LogP contribution >= 0.6 is 0 Å². The summed E-state index contributed by atoms with van der Waals surface area (Å²) in [5, 5.41) is 0. The van der Waals surface area contributed by atoms with Crippen LogP contribution in [-0.4, -0.2) is 49.3 Å². The number of aromatic nitrogens is 4. The van der Waals surface area contributed by atoms with E-state index in [0.717, 1.165) is 91.4 Å². The molecule has 4 aromatic rings. The third-order valence-corrected chi connectivity index (χ3v) is 10.5. The molecular formula is C46H54N4O2Si2. The standard InChI is InChI=1S/C46H54N4O2Si2/c1-31(2)19-23-51-36-27-33(28-37(30-36)52-24-20-32(3)4)46-44-14-12-35(48-44)29-34-11-13-40(47-34)38(21-25-53(5,6)7)41-15-16-42(49-41)39(22-26-54(8,9)10)43-17-18-45(46)50-43/h11-18,27-32,47-48H,19-20,23-24H2,1-10H3. The lowest BCUT2D eigenvalue weighted by Gasteiger charge is -2.14. The van der Waals surface area contributed by atoms with Gasteiger partial charge < -0.3 is 19.4 Å². The fourth-order valence-corrected chi connectivity index (χ4v) is 6.91. The number of aromatic amines is 2. The molecule has 8 bridgehead atoms. The molecule has 1 aromatic carbocycles. The molecule has 0 saturated carbocycles. The summed E-state index contributed by atoms with van der Waals surface area (Å²) >= 11 is 0. The van der Waals surface area contributed by atoms with Crippen molar-refractivity contribution in [1.82, 2.24) is 19.9 Å². The van der Waals surface area contributed by atoms with Crippen LogP contribution in [0.25, 0.3) is 57.5 Å². The monoisotopic (exact) mass is 750 g/mol. The Morgan fingerprint density at radius 3 is 1.57 bits per heavy atom. The molecule has 2 N–H and O–H groups in total. The topological polar surface area (TPSA) is 75.8 Å². The summed E-state index contributed by atoms with van der Waals surface area (Å²) in [6, 6.07) is 16.8. The average Bonchev–Trinajstić information content (AvgIpc) is 3.90. The first-order chi connectivity index (χ1) is 25.6. The maximum atomic E-state index is 6.37. The van der Waals surface area contributed by atoms with E-state index >= 15 is 0 Å². The van der Waals surface area contributed by atoms with Crippen molar-refractivity contribution in [3.8, 4) is 45.6 Å². The summed E-state index contributed by atoms with van der Waals surface area (Å²) in [5.74, 6) is 9.73. The van der Waals surface area contributed by atoms with Crippen LogP contribution in [-0.2, 0) is 0 Å². The third kappa shape index (κ3) is 10.1. The number of hydrogen-bond donors (Lipinski definition) is 2. The summed E-state index contributed by atoms with van der Waals surface area (Å²) in [5.41, 5.74) is 17.8. The van der Waals surface area contributed by atoms with Crippen LogP contribution in [0.2, 0.25) is 39.3 Å². The van der Waals surface area contributed by atoms with E-state index in [1.807, 2.05) is 6.07 Å². The van der Waals surface area contributed by atoms with E-state index < -0.39 is 16.1 Å². The molecule has 6 nitrogen and oxygen atoms in total. The van der Waals surface area contributed by atoms with Gasteiger partial charge in [0.05, 0.1) is 52.6 Å². The molecular weight excluding hydrogens is 697 g/mol. The fraction of sp³-hybridized carbons (Fsp3) is 0.348. The van der Waals surface area contributed by atoms with Crippen molar-refractivity contribution in [1.29, 1.82) is 0 Å². The van der Waals surface area contributed by atoms with Crippen LogP contribution in [0.4, 0.5) is 0 Å². The van der Waals surface area contributed by atoms with Gasteiger partial charge in [0.2, 0.25) is 0 Å². The molecule has 8 heteroatoms. The van der Waals surface area contributed by atoms with E-state index in [1.54, 1.807) is 0 Å². The highest BCUT2D eigenvalue weighted by Gasteiger charge is 2.19. The first kappa shape index (κ1) is 38.7. The molecule has 0 radical (unpaired) electrons. The van der Waals surface area contributed by atoms with Crippen LogP contribution in [0.15, 0.2) is 48.5 Å². The first-order valence-electron chi connectivity index (χ1n) is 19.2. The zero-order valence-electron chi connectivity index (χ0n) is 33.6. The number of nitrogens with one attached hydrogen (secondary N) is 2. The third-order valence-electron chi connectivity index (χ3n) is 8.79. The van der Waals surface area contributed by atoms with Crippen molar-refractivity contribution in [3.63, 3.8) is 0 Å². The van der Waals surface area contributed by atoms with Gasteiger partial charge in [-0.2, -0.15) is 0 Å². The molecule has 0 spiro atoms. The summed E-state index contributed by atoms with van der Waals surface area (Å²) in [6.07, 6.45) is 10.2. The summed E-state index contributed by atoms with van der Waals surface area (Å²) in [4.78, 5) is 17.9. The van der Waals surface area contributed by atoms with E-state index in [1.165, 1.54) is 0 Å². The number of ether oxygens (including phenoxy) is 2. The van der Waals surface area contributed by atoms with E-state index in [-0.39, 0.29) is 0 Å². The van der Waals surface area contributed by atoms with E-state index in [2.05, 4.69) is 167 Å². The van der Waals surface area contributed by atoms with Gasteiger partial charge in [-0.05, 0) is 97.0 Å². The van der Waals surface area contributed by atoms with Gasteiger partial charge in [-0.15, -0.1) is 11.1 Å². The van der Waals surface area contributed by atoms with E-state index in [9.17, 15) is 0 Å². The van der Waals surface area contributed by atoms with E-state index in [0.29, 0.717) is 25.0 Å². The normalized spacial score (nSPS) is 12.4. The second-order valence-electron chi connectivity index (χ2n) is 17.1. The second-order valence-corrected chi connectivity index (χ2v) is 26.6. The largest absolute Gasteiger partial charge is 0.493 e. The number of hydrogen-bond acceptors (Lipinski definition) is 4. The molecule has 5 heterocycles. The Labute approximate surface area is 323 Å². The van der Waals surface area contributed by atoms with Gasteiger partial charge in [0, 0.05) is 28.2 Å². The Kier molecular flexibility index (Phi) is 11.6. The highest BCUT2D eigenvalue weighted by molar-refractivity contribution is 6.84. The lowest BCUT2D eigenvalue weighted by Crippen LogP contribution is -2.16. The summed E-state index contributed by atoms with van der Waals surface area (Å²) in [7, 11) is -3.42. The van der Waals surface area contributed by atoms with Gasteiger partial charge in [-0.3, -0.25) is 0 Å². The van der Waals surface area contributed by atoms with Crippen molar-refractivity contribution in [3.05, 3.63) is 82.4 Å². The Morgan fingerprint density at radius 1 is 0.574 bits per heavy atom. The van der Waals surface area contributed by atoms with Crippen molar-refractivity contribution < 1.29 is 9.47 Å². The molecule has 54 heavy (non-hydrogen) atoms. The molecule has 0 amide bonds. The first-order valence-corrected chi connectivity index (χ1v) is 26.2. The minimum absolute atomic E-state index is 0.540. The predicted octanol–water partition coefficient (Wildman–Crippen LogP) is 11.6. The zero-order valence-corrected chi connectivity index (χ0v) is 35.6. The SMILES string of the molecule is CC(C)CCOc1cc(OCCC(C)C)cc(-c2c3nc(c(C#C[Si](C)(C)C)c4nc(c(C#C[Si](C)(C)C)c5ccc(cc6ccc2[nH]6)[nH]5)C=C4)C=C3)c1. The Morgan fingerprint density at radius 2 is 1.04 bits per heavy atom. The molecule has 6 rings (SSSR count). The van der Waals surface area contributed by atoms with Crippen LogP contribution in [0.3, 0.4) is 0 Å². The smallest absolute Gasteiger partial charge is 0.129 e. The average molecular weight is 751 g/mol. The number of H-pyrrole nitrogens is 2. The Hall–Kier alpha value is -5.03. The predicted molar refractivity (Wildman–Crippen MR) is 235 cm³/mol. The Bertz CT molecular complexity index is 2360. The molecule has 0 unspecified atom stereocenters. The number of fused-ring (bicyclic) bond motifs is 8. The van der Waals surface area contributed by atoms with Crippen LogP contribution < -0.4 is 9.47 Å². The highest BCUT2D eigenvalue weighted by atomic mass is 28.3. The lowest BCUT2D eigenvalue weighted by molar-refractivity contribution is 0.276. The fourth-order valence-electron chi connectivity index (χ4n) is 5.91. The second kappa shape index (κ2) is 16.1. The molecule has 0 atom stereocenters. The van der Waals surface area contributed by atoms with Crippen LogP contribution in [0.1, 0.15) is 74.4 Å². The minimum Gasteiger partial charge on any atom is -0.493 e. The minimum atomic E-state index is -1.75. The lowest BCUT2D eigenvalue weighted by atomic mass is 10.0. The molecule has 278 valence electrons. The maximum absolute atomic E-state index is 6.37. The van der Waals surface area contributed by atoms with Crippen molar-refractivity contribution in [2.45, 2.75) is 79.8 Å². The zero-order chi connectivity index (χ0) is 38.6. The Balaban J connectivity index is 1.67. The van der Waals surface area contributed by atoms with Gasteiger partial charge in [0.1, 0.15) is 27.6 Å².